The number of aliphatic carboxylic acids is 1. The summed E-state index contributed by atoms with van der Waals surface area (Å²) in [5.41, 5.74) is 0. The summed E-state index contributed by atoms with van der Waals surface area (Å²) in [6.07, 6.45) is 7.59. The van der Waals surface area contributed by atoms with Crippen LogP contribution in [0.2, 0.25) is 0 Å². The zero-order chi connectivity index (χ0) is 25.8. The molecule has 0 aromatic rings. The third-order valence-corrected chi connectivity index (χ3v) is 6.21. The lowest BCUT2D eigenvalue weighted by molar-refractivity contribution is -0.137. The van der Waals surface area contributed by atoms with E-state index >= 15 is 0 Å². The zero-order valence-electron chi connectivity index (χ0n) is 21.0. The summed E-state index contributed by atoms with van der Waals surface area (Å²) in [4.78, 5) is 10.5. The highest BCUT2D eigenvalue weighted by Crippen LogP contribution is 2.17. The van der Waals surface area contributed by atoms with Crippen molar-refractivity contribution in [2.75, 3.05) is 0 Å². The van der Waals surface area contributed by atoms with Crippen LogP contribution >= 0.6 is 0 Å². The van der Waals surface area contributed by atoms with Crippen LogP contribution in [0.3, 0.4) is 0 Å². The van der Waals surface area contributed by atoms with Gasteiger partial charge in [-0.05, 0) is 32.1 Å². The molecular formula is C26H50O8. The van der Waals surface area contributed by atoms with Crippen LogP contribution in [0.25, 0.3) is 0 Å². The maximum Gasteiger partial charge on any atom is 0.303 e. The maximum atomic E-state index is 10.5. The lowest BCUT2D eigenvalue weighted by Gasteiger charge is -2.26. The topological polar surface area (TPSA) is 159 Å². The average molecular weight is 491 g/mol. The minimum absolute atomic E-state index is 0.156. The number of hydrogen-bond donors (Lipinski definition) is 7. The van der Waals surface area contributed by atoms with Gasteiger partial charge in [-0.2, -0.15) is 0 Å². The Bertz CT molecular complexity index is 513. The second-order valence-electron chi connectivity index (χ2n) is 9.49. The van der Waals surface area contributed by atoms with Crippen LogP contribution in [0.4, 0.5) is 0 Å². The Labute approximate surface area is 205 Å². The molecule has 0 aromatic carbocycles. The first-order valence-corrected chi connectivity index (χ1v) is 13.1. The van der Waals surface area contributed by atoms with Crippen molar-refractivity contribution in [3.8, 4) is 0 Å². The number of carbonyl (C=O) groups is 1. The van der Waals surface area contributed by atoms with Gasteiger partial charge in [0.1, 0.15) is 0 Å². The number of aliphatic hydroxyl groups is 6. The number of carboxylic acid groups (broad SMARTS) is 1. The molecule has 0 fully saturated rings. The Hall–Kier alpha value is -1.03. The van der Waals surface area contributed by atoms with Crippen LogP contribution in [-0.4, -0.2) is 78.3 Å². The average Bonchev–Trinajstić information content (AvgIpc) is 2.79. The van der Waals surface area contributed by atoms with Crippen molar-refractivity contribution < 1.29 is 40.5 Å². The summed E-state index contributed by atoms with van der Waals surface area (Å²) in [7, 11) is 0. The van der Waals surface area contributed by atoms with Gasteiger partial charge in [0.25, 0.3) is 0 Å². The molecule has 0 bridgehead atoms. The normalized spacial score (nSPS) is 17.4. The number of unbranched alkanes of at least 4 members (excludes halogenated alkanes) is 9. The van der Waals surface area contributed by atoms with Crippen molar-refractivity contribution in [1.29, 1.82) is 0 Å². The molecule has 0 aliphatic heterocycles. The molecule has 8 nitrogen and oxygen atoms in total. The van der Waals surface area contributed by atoms with E-state index in [1.54, 1.807) is 0 Å². The van der Waals surface area contributed by atoms with Crippen molar-refractivity contribution >= 4 is 5.97 Å². The first-order chi connectivity index (χ1) is 16.2. The third-order valence-electron chi connectivity index (χ3n) is 6.21. The molecule has 8 heteroatoms. The number of allylic oxidation sites excluding steroid dienone is 1. The molecule has 0 saturated carbocycles. The molecule has 0 aliphatic carbocycles. The minimum atomic E-state index is -1.33. The number of rotatable bonds is 23. The summed E-state index contributed by atoms with van der Waals surface area (Å²) in [5.74, 6) is -0.804. The van der Waals surface area contributed by atoms with E-state index in [9.17, 15) is 35.4 Å². The number of aliphatic hydroxyl groups excluding tert-OH is 6. The molecular weight excluding hydrogens is 440 g/mol. The van der Waals surface area contributed by atoms with Crippen LogP contribution < -0.4 is 0 Å². The fourth-order valence-electron chi connectivity index (χ4n) is 3.85. The van der Waals surface area contributed by atoms with E-state index in [-0.39, 0.29) is 25.7 Å². The van der Waals surface area contributed by atoms with Crippen LogP contribution in [0.15, 0.2) is 12.2 Å². The third kappa shape index (κ3) is 18.3. The molecule has 7 N–H and O–H groups in total. The molecule has 0 amide bonds. The van der Waals surface area contributed by atoms with Crippen LogP contribution in [0.1, 0.15) is 110 Å². The van der Waals surface area contributed by atoms with Gasteiger partial charge in [-0.3, -0.25) is 4.79 Å². The fourth-order valence-corrected chi connectivity index (χ4v) is 3.85. The molecule has 6 unspecified atom stereocenters. The molecule has 0 spiro atoms. The first-order valence-electron chi connectivity index (χ1n) is 13.1. The second-order valence-corrected chi connectivity index (χ2v) is 9.49. The summed E-state index contributed by atoms with van der Waals surface area (Å²) in [6.45, 7) is 2.17. The molecule has 0 rings (SSSR count). The lowest BCUT2D eigenvalue weighted by atomic mass is 9.95. The van der Waals surface area contributed by atoms with E-state index in [0.29, 0.717) is 19.3 Å². The van der Waals surface area contributed by atoms with Gasteiger partial charge in [0.05, 0.1) is 36.6 Å². The molecule has 0 aromatic heterocycles. The van der Waals surface area contributed by atoms with E-state index in [4.69, 9.17) is 5.11 Å². The molecule has 0 heterocycles. The van der Waals surface area contributed by atoms with Gasteiger partial charge >= 0.3 is 5.97 Å². The van der Waals surface area contributed by atoms with Gasteiger partial charge in [-0.15, -0.1) is 0 Å². The van der Waals surface area contributed by atoms with E-state index in [1.165, 1.54) is 25.7 Å². The number of hydrogen-bond acceptors (Lipinski definition) is 7. The van der Waals surface area contributed by atoms with E-state index < -0.39 is 42.6 Å². The predicted molar refractivity (Wildman–Crippen MR) is 132 cm³/mol. The molecule has 6 atom stereocenters. The van der Waals surface area contributed by atoms with Crippen LogP contribution in [-0.2, 0) is 4.79 Å². The summed E-state index contributed by atoms with van der Waals surface area (Å²) >= 11 is 0. The largest absolute Gasteiger partial charge is 0.481 e. The summed E-state index contributed by atoms with van der Waals surface area (Å²) < 4.78 is 0. The highest BCUT2D eigenvalue weighted by Gasteiger charge is 2.27. The highest BCUT2D eigenvalue weighted by atomic mass is 16.4. The van der Waals surface area contributed by atoms with Gasteiger partial charge in [-0.1, -0.05) is 70.4 Å². The van der Waals surface area contributed by atoms with E-state index in [0.717, 1.165) is 32.1 Å². The zero-order valence-corrected chi connectivity index (χ0v) is 21.0. The Kier molecular flexibility index (Phi) is 20.6. The molecule has 202 valence electrons. The van der Waals surface area contributed by atoms with Crippen LogP contribution in [0, 0.1) is 0 Å². The van der Waals surface area contributed by atoms with Crippen molar-refractivity contribution in [2.24, 2.45) is 0 Å². The maximum absolute atomic E-state index is 10.5. The SMILES string of the molecule is CCCCCCCC=CCC(O)C(O)CC(O)C(O)CC(O)C(O)CCCCCCCC(=O)O. The fraction of sp³-hybridized carbons (Fsp3) is 0.885. The van der Waals surface area contributed by atoms with Gasteiger partial charge < -0.3 is 35.7 Å². The summed E-state index contributed by atoms with van der Waals surface area (Å²) in [5, 5.41) is 69.3. The quantitative estimate of drug-likeness (QED) is 0.0850. The first kappa shape index (κ1) is 33.0. The van der Waals surface area contributed by atoms with Gasteiger partial charge in [0, 0.05) is 19.3 Å². The van der Waals surface area contributed by atoms with E-state index in [1.807, 2.05) is 12.2 Å². The second kappa shape index (κ2) is 21.3. The molecule has 0 aliphatic rings. The Balaban J connectivity index is 4.04. The molecule has 34 heavy (non-hydrogen) atoms. The smallest absolute Gasteiger partial charge is 0.303 e. The minimum Gasteiger partial charge on any atom is -0.481 e. The van der Waals surface area contributed by atoms with Gasteiger partial charge in [0.15, 0.2) is 0 Å². The Morgan fingerprint density at radius 1 is 0.618 bits per heavy atom. The summed E-state index contributed by atoms with van der Waals surface area (Å²) in [6, 6.07) is 0. The lowest BCUT2D eigenvalue weighted by Crippen LogP contribution is -2.39. The van der Waals surface area contributed by atoms with Gasteiger partial charge in [0.2, 0.25) is 0 Å². The number of carboxylic acids is 1. The standard InChI is InChI=1S/C26H50O8/c1-2-3-4-5-6-7-9-12-15-20(27)22(29)18-24(31)25(32)19-23(30)21(28)16-13-10-8-11-14-17-26(33)34/h9,12,20-25,27-32H,2-8,10-11,13-19H2,1H3,(H,33,34). The van der Waals surface area contributed by atoms with Gasteiger partial charge in [-0.25, -0.2) is 0 Å². The predicted octanol–water partition coefficient (Wildman–Crippen LogP) is 3.05. The monoisotopic (exact) mass is 490 g/mol. The van der Waals surface area contributed by atoms with Crippen molar-refractivity contribution in [3.05, 3.63) is 12.2 Å². The molecule has 0 radical (unpaired) electrons. The Morgan fingerprint density at radius 3 is 1.74 bits per heavy atom. The van der Waals surface area contributed by atoms with Crippen molar-refractivity contribution in [2.45, 2.75) is 146 Å². The Morgan fingerprint density at radius 2 is 1.12 bits per heavy atom. The van der Waals surface area contributed by atoms with Crippen molar-refractivity contribution in [1.82, 2.24) is 0 Å². The highest BCUT2D eigenvalue weighted by molar-refractivity contribution is 5.66. The van der Waals surface area contributed by atoms with Crippen molar-refractivity contribution in [3.63, 3.8) is 0 Å². The molecule has 0 saturated heterocycles. The van der Waals surface area contributed by atoms with Crippen LogP contribution in [0.5, 0.6) is 0 Å². The van der Waals surface area contributed by atoms with E-state index in [2.05, 4.69) is 6.92 Å².